The molecular weight excluding hydrogens is 252 g/mol. The van der Waals surface area contributed by atoms with Gasteiger partial charge in [0.05, 0.1) is 0 Å². The summed E-state index contributed by atoms with van der Waals surface area (Å²) in [7, 11) is 0. The first-order valence-electron chi connectivity index (χ1n) is 8.30. The Labute approximate surface area is 120 Å². The fraction of sp³-hybridized carbons (Fsp3) is 0.875. The highest BCUT2D eigenvalue weighted by molar-refractivity contribution is 6.04. The molecular formula is C16H24N2O2. The van der Waals surface area contributed by atoms with Gasteiger partial charge in [-0.05, 0) is 43.4 Å². The van der Waals surface area contributed by atoms with Gasteiger partial charge in [0.2, 0.25) is 0 Å². The van der Waals surface area contributed by atoms with E-state index in [1.807, 2.05) is 0 Å². The molecule has 1 N–H and O–H groups in total. The monoisotopic (exact) mass is 276 g/mol. The van der Waals surface area contributed by atoms with Crippen LogP contribution < -0.4 is 5.32 Å². The molecule has 110 valence electrons. The van der Waals surface area contributed by atoms with Crippen LogP contribution in [0.25, 0.3) is 0 Å². The number of nitrogens with zero attached hydrogens (tertiary/aromatic N) is 1. The van der Waals surface area contributed by atoms with Gasteiger partial charge in [0.1, 0.15) is 6.04 Å². The summed E-state index contributed by atoms with van der Waals surface area (Å²) in [6.45, 7) is 0. The number of nitrogens with one attached hydrogen (secondary N) is 1. The molecule has 20 heavy (non-hydrogen) atoms. The van der Waals surface area contributed by atoms with E-state index >= 15 is 0 Å². The smallest absolute Gasteiger partial charge is 0.325 e. The first kappa shape index (κ1) is 12.7. The molecule has 0 aromatic carbocycles. The van der Waals surface area contributed by atoms with Crippen molar-refractivity contribution in [1.29, 1.82) is 0 Å². The van der Waals surface area contributed by atoms with Crippen LogP contribution in [0.2, 0.25) is 0 Å². The number of rotatable bonds is 3. The fourth-order valence-corrected chi connectivity index (χ4v) is 4.84. The largest absolute Gasteiger partial charge is 0.326 e. The SMILES string of the molecule is O=C1NC(CC2CCCC2)C(=O)N1C1CC2(CCC2)C1. The van der Waals surface area contributed by atoms with Crippen LogP contribution >= 0.6 is 0 Å². The summed E-state index contributed by atoms with van der Waals surface area (Å²) in [6.07, 6.45) is 11.9. The molecule has 1 heterocycles. The van der Waals surface area contributed by atoms with E-state index in [0.717, 1.165) is 19.3 Å². The molecule has 1 aliphatic heterocycles. The zero-order valence-corrected chi connectivity index (χ0v) is 12.1. The Morgan fingerprint density at radius 3 is 2.40 bits per heavy atom. The standard InChI is InChI=1S/C16H24N2O2/c19-14-13(8-11-4-1-2-5-11)17-15(20)18(14)12-9-16(10-12)6-3-7-16/h11-13H,1-10H2,(H,17,20). The number of hydrogen-bond acceptors (Lipinski definition) is 2. The van der Waals surface area contributed by atoms with Crippen molar-refractivity contribution in [3.05, 3.63) is 0 Å². The van der Waals surface area contributed by atoms with Crippen LogP contribution in [0.5, 0.6) is 0 Å². The highest BCUT2D eigenvalue weighted by atomic mass is 16.2. The van der Waals surface area contributed by atoms with Crippen molar-refractivity contribution >= 4 is 11.9 Å². The number of hydrogen-bond donors (Lipinski definition) is 1. The number of imide groups is 1. The predicted molar refractivity (Wildman–Crippen MR) is 75.0 cm³/mol. The van der Waals surface area contributed by atoms with Crippen LogP contribution in [0.15, 0.2) is 0 Å². The Bertz CT molecular complexity index is 430. The maximum Gasteiger partial charge on any atom is 0.325 e. The van der Waals surface area contributed by atoms with Crippen molar-refractivity contribution in [3.8, 4) is 0 Å². The third-order valence-corrected chi connectivity index (χ3v) is 6.21. The van der Waals surface area contributed by atoms with Crippen LogP contribution in [0.4, 0.5) is 4.79 Å². The average molecular weight is 276 g/mol. The highest BCUT2D eigenvalue weighted by Crippen LogP contribution is 2.57. The zero-order valence-electron chi connectivity index (χ0n) is 12.1. The molecule has 1 atom stereocenters. The van der Waals surface area contributed by atoms with Crippen molar-refractivity contribution in [3.63, 3.8) is 0 Å². The molecule has 4 nitrogen and oxygen atoms in total. The quantitative estimate of drug-likeness (QED) is 0.806. The topological polar surface area (TPSA) is 49.4 Å². The van der Waals surface area contributed by atoms with Gasteiger partial charge in [0.25, 0.3) is 5.91 Å². The molecule has 3 saturated carbocycles. The lowest BCUT2D eigenvalue weighted by Crippen LogP contribution is -2.55. The Morgan fingerprint density at radius 1 is 1.10 bits per heavy atom. The summed E-state index contributed by atoms with van der Waals surface area (Å²) in [6, 6.07) is -0.169. The molecule has 0 aromatic heterocycles. The van der Waals surface area contributed by atoms with Gasteiger partial charge in [-0.1, -0.05) is 32.1 Å². The van der Waals surface area contributed by atoms with Gasteiger partial charge >= 0.3 is 6.03 Å². The molecule has 3 aliphatic carbocycles. The van der Waals surface area contributed by atoms with Crippen LogP contribution in [0, 0.1) is 11.3 Å². The summed E-state index contributed by atoms with van der Waals surface area (Å²) >= 11 is 0. The lowest BCUT2D eigenvalue weighted by atomic mass is 9.54. The first-order chi connectivity index (χ1) is 9.67. The van der Waals surface area contributed by atoms with Gasteiger partial charge < -0.3 is 5.32 Å². The number of amides is 3. The lowest BCUT2D eigenvalue weighted by Gasteiger charge is -2.55. The van der Waals surface area contributed by atoms with E-state index in [9.17, 15) is 9.59 Å². The average Bonchev–Trinajstić information content (AvgIpc) is 2.89. The Balaban J connectivity index is 1.38. The third kappa shape index (κ3) is 1.87. The van der Waals surface area contributed by atoms with E-state index in [2.05, 4.69) is 5.32 Å². The van der Waals surface area contributed by atoms with Gasteiger partial charge in [-0.15, -0.1) is 0 Å². The van der Waals surface area contributed by atoms with Gasteiger partial charge in [-0.2, -0.15) is 0 Å². The first-order valence-corrected chi connectivity index (χ1v) is 8.30. The second-order valence-corrected chi connectivity index (χ2v) is 7.51. The normalized spacial score (nSPS) is 33.4. The summed E-state index contributed by atoms with van der Waals surface area (Å²) in [5.41, 5.74) is 0.509. The van der Waals surface area contributed by atoms with E-state index in [-0.39, 0.29) is 24.0 Å². The van der Waals surface area contributed by atoms with Gasteiger partial charge in [-0.25, -0.2) is 4.79 Å². The van der Waals surface area contributed by atoms with Crippen LogP contribution in [0.1, 0.15) is 64.2 Å². The molecule has 4 heteroatoms. The molecule has 1 spiro atoms. The maximum atomic E-state index is 12.5. The summed E-state index contributed by atoms with van der Waals surface area (Å²) in [5, 5.41) is 2.93. The molecule has 4 rings (SSSR count). The molecule has 1 unspecified atom stereocenters. The summed E-state index contributed by atoms with van der Waals surface area (Å²) in [4.78, 5) is 26.2. The summed E-state index contributed by atoms with van der Waals surface area (Å²) < 4.78 is 0. The second kappa shape index (κ2) is 4.47. The van der Waals surface area contributed by atoms with Gasteiger partial charge in [0.15, 0.2) is 0 Å². The highest BCUT2D eigenvalue weighted by Gasteiger charge is 2.54. The number of urea groups is 1. The second-order valence-electron chi connectivity index (χ2n) is 7.51. The number of carbonyl (C=O) groups is 2. The molecule has 4 fully saturated rings. The van der Waals surface area contributed by atoms with Crippen LogP contribution in [-0.2, 0) is 4.79 Å². The Kier molecular flexibility index (Phi) is 2.83. The minimum Gasteiger partial charge on any atom is -0.326 e. The van der Waals surface area contributed by atoms with Crippen molar-refractivity contribution in [1.82, 2.24) is 10.2 Å². The van der Waals surface area contributed by atoms with Crippen molar-refractivity contribution in [2.45, 2.75) is 76.3 Å². The van der Waals surface area contributed by atoms with Crippen LogP contribution in [-0.4, -0.2) is 28.9 Å². The van der Waals surface area contributed by atoms with Gasteiger partial charge in [-0.3, -0.25) is 9.69 Å². The van der Waals surface area contributed by atoms with Crippen molar-refractivity contribution < 1.29 is 9.59 Å². The Morgan fingerprint density at radius 2 is 1.80 bits per heavy atom. The number of carbonyl (C=O) groups excluding carboxylic acids is 2. The Hall–Kier alpha value is -1.06. The fourth-order valence-electron chi connectivity index (χ4n) is 4.84. The molecule has 0 radical (unpaired) electrons. The molecule has 4 aliphatic rings. The minimum atomic E-state index is -0.233. The summed E-state index contributed by atoms with van der Waals surface area (Å²) in [5.74, 6) is 0.699. The van der Waals surface area contributed by atoms with E-state index in [1.54, 1.807) is 4.90 Å². The van der Waals surface area contributed by atoms with Crippen molar-refractivity contribution in [2.75, 3.05) is 0 Å². The lowest BCUT2D eigenvalue weighted by molar-refractivity contribution is -0.135. The predicted octanol–water partition coefficient (Wildman–Crippen LogP) is 2.82. The van der Waals surface area contributed by atoms with Crippen LogP contribution in [0.3, 0.4) is 0 Å². The zero-order chi connectivity index (χ0) is 13.7. The van der Waals surface area contributed by atoms with E-state index in [0.29, 0.717) is 11.3 Å². The maximum absolute atomic E-state index is 12.5. The molecule has 0 bridgehead atoms. The third-order valence-electron chi connectivity index (χ3n) is 6.21. The van der Waals surface area contributed by atoms with E-state index in [1.165, 1.54) is 44.9 Å². The van der Waals surface area contributed by atoms with E-state index in [4.69, 9.17) is 0 Å². The molecule has 3 amide bonds. The minimum absolute atomic E-state index is 0.0565. The van der Waals surface area contributed by atoms with Gasteiger partial charge in [0, 0.05) is 6.04 Å². The van der Waals surface area contributed by atoms with Crippen molar-refractivity contribution in [2.24, 2.45) is 11.3 Å². The molecule has 1 saturated heterocycles. The molecule has 0 aromatic rings. The van der Waals surface area contributed by atoms with E-state index < -0.39 is 0 Å².